The number of nitrogens with zero attached hydrogens (tertiary/aromatic N) is 2. The van der Waals surface area contributed by atoms with E-state index < -0.39 is 15.8 Å². The van der Waals surface area contributed by atoms with Crippen LogP contribution in [0.25, 0.3) is 0 Å². The Kier molecular flexibility index (Phi) is 6.06. The number of pyridine rings is 1. The Bertz CT molecular complexity index is 757. The van der Waals surface area contributed by atoms with Gasteiger partial charge in [0, 0.05) is 32.6 Å². The molecule has 1 aromatic heterocycles. The highest BCUT2D eigenvalue weighted by Crippen LogP contribution is 2.26. The standard InChI is InChI=1S/C15H16ClFN2O3S/c1-22-8-7-19(11-12-3-2-6-18-10-12)23(20,21)15-5-4-13(17)9-14(15)16/h2-6,9-10H,7-8,11H2,1H3. The zero-order chi connectivity index (χ0) is 16.9. The molecule has 0 saturated carbocycles. The Hall–Kier alpha value is -1.54. The average Bonchev–Trinajstić information content (AvgIpc) is 2.52. The number of hydrogen-bond acceptors (Lipinski definition) is 4. The summed E-state index contributed by atoms with van der Waals surface area (Å²) in [6.07, 6.45) is 3.19. The molecule has 0 bridgehead atoms. The summed E-state index contributed by atoms with van der Waals surface area (Å²) in [7, 11) is -2.41. The van der Waals surface area contributed by atoms with E-state index in [0.29, 0.717) is 0 Å². The molecule has 0 radical (unpaired) electrons. The predicted octanol–water partition coefficient (Wildman–Crippen LogP) is 2.71. The van der Waals surface area contributed by atoms with Crippen molar-refractivity contribution in [3.63, 3.8) is 0 Å². The van der Waals surface area contributed by atoms with Crippen molar-refractivity contribution in [2.24, 2.45) is 0 Å². The maximum absolute atomic E-state index is 13.2. The largest absolute Gasteiger partial charge is 0.383 e. The molecule has 23 heavy (non-hydrogen) atoms. The molecule has 0 saturated heterocycles. The number of ether oxygens (including phenoxy) is 1. The van der Waals surface area contributed by atoms with Crippen LogP contribution in [0, 0.1) is 5.82 Å². The molecule has 124 valence electrons. The SMILES string of the molecule is COCCN(Cc1cccnc1)S(=O)(=O)c1ccc(F)cc1Cl. The van der Waals surface area contributed by atoms with Gasteiger partial charge in [-0.1, -0.05) is 17.7 Å². The van der Waals surface area contributed by atoms with Gasteiger partial charge < -0.3 is 4.74 Å². The molecule has 0 atom stereocenters. The van der Waals surface area contributed by atoms with Crippen LogP contribution in [0.4, 0.5) is 4.39 Å². The third-order valence-corrected chi connectivity index (χ3v) is 5.47. The molecular formula is C15H16ClFN2O3S. The lowest BCUT2D eigenvalue weighted by Gasteiger charge is -2.22. The van der Waals surface area contributed by atoms with Crippen LogP contribution in [0.3, 0.4) is 0 Å². The van der Waals surface area contributed by atoms with Crippen LogP contribution in [-0.2, 0) is 21.3 Å². The molecule has 1 heterocycles. The van der Waals surface area contributed by atoms with E-state index in [9.17, 15) is 12.8 Å². The zero-order valence-electron chi connectivity index (χ0n) is 12.4. The molecule has 8 heteroatoms. The van der Waals surface area contributed by atoms with Gasteiger partial charge in [-0.2, -0.15) is 4.31 Å². The van der Waals surface area contributed by atoms with Crippen LogP contribution in [0.15, 0.2) is 47.6 Å². The Balaban J connectivity index is 2.36. The highest BCUT2D eigenvalue weighted by molar-refractivity contribution is 7.89. The van der Waals surface area contributed by atoms with E-state index in [4.69, 9.17) is 16.3 Å². The van der Waals surface area contributed by atoms with Crippen LogP contribution < -0.4 is 0 Å². The summed E-state index contributed by atoms with van der Waals surface area (Å²) in [6.45, 7) is 0.479. The Morgan fingerprint density at radius 1 is 1.35 bits per heavy atom. The zero-order valence-corrected chi connectivity index (χ0v) is 14.0. The highest BCUT2D eigenvalue weighted by Gasteiger charge is 2.27. The number of benzene rings is 1. The molecule has 0 fully saturated rings. The summed E-state index contributed by atoms with van der Waals surface area (Å²) in [4.78, 5) is 3.84. The molecule has 5 nitrogen and oxygen atoms in total. The first-order chi connectivity index (χ1) is 10.9. The monoisotopic (exact) mass is 358 g/mol. The molecule has 2 rings (SSSR count). The van der Waals surface area contributed by atoms with Gasteiger partial charge in [-0.15, -0.1) is 0 Å². The lowest BCUT2D eigenvalue weighted by molar-refractivity contribution is 0.177. The molecule has 0 aliphatic carbocycles. The number of methoxy groups -OCH3 is 1. The molecule has 0 N–H and O–H groups in total. The lowest BCUT2D eigenvalue weighted by Crippen LogP contribution is -2.33. The fraction of sp³-hybridized carbons (Fsp3) is 0.267. The van der Waals surface area contributed by atoms with Crippen LogP contribution in [0.2, 0.25) is 5.02 Å². The van der Waals surface area contributed by atoms with E-state index in [1.807, 2.05) is 0 Å². The van der Waals surface area contributed by atoms with Gasteiger partial charge in [0.15, 0.2) is 0 Å². The van der Waals surface area contributed by atoms with Gasteiger partial charge in [0.25, 0.3) is 0 Å². The Morgan fingerprint density at radius 2 is 2.13 bits per heavy atom. The minimum atomic E-state index is -3.89. The molecule has 0 amide bonds. The normalized spacial score (nSPS) is 11.8. The van der Waals surface area contributed by atoms with Gasteiger partial charge >= 0.3 is 0 Å². The molecule has 0 aliphatic heterocycles. The van der Waals surface area contributed by atoms with E-state index in [1.54, 1.807) is 24.5 Å². The smallest absolute Gasteiger partial charge is 0.244 e. The van der Waals surface area contributed by atoms with E-state index in [0.717, 1.165) is 23.8 Å². The van der Waals surface area contributed by atoms with E-state index in [1.165, 1.54) is 11.4 Å². The number of sulfonamides is 1. The Labute approximate surface area is 139 Å². The molecule has 1 aromatic carbocycles. The minimum Gasteiger partial charge on any atom is -0.383 e. The molecule has 2 aromatic rings. The quantitative estimate of drug-likeness (QED) is 0.763. The van der Waals surface area contributed by atoms with Gasteiger partial charge in [-0.25, -0.2) is 12.8 Å². The van der Waals surface area contributed by atoms with Gasteiger partial charge in [0.1, 0.15) is 10.7 Å². The first kappa shape index (κ1) is 17.8. The summed E-state index contributed by atoms with van der Waals surface area (Å²) in [5, 5.41) is -0.154. The van der Waals surface area contributed by atoms with Crippen LogP contribution in [0.1, 0.15) is 5.56 Å². The minimum absolute atomic E-state index is 0.118. The number of halogens is 2. The maximum Gasteiger partial charge on any atom is 0.244 e. The van der Waals surface area contributed by atoms with E-state index in [-0.39, 0.29) is 29.6 Å². The topological polar surface area (TPSA) is 59.5 Å². The molecular weight excluding hydrogens is 343 g/mol. The predicted molar refractivity (Wildman–Crippen MR) is 85.1 cm³/mol. The fourth-order valence-electron chi connectivity index (χ4n) is 2.00. The number of aromatic nitrogens is 1. The van der Waals surface area contributed by atoms with Crippen molar-refractivity contribution >= 4 is 21.6 Å². The second kappa shape index (κ2) is 7.83. The van der Waals surface area contributed by atoms with E-state index in [2.05, 4.69) is 4.98 Å². The number of hydrogen-bond donors (Lipinski definition) is 0. The highest BCUT2D eigenvalue weighted by atomic mass is 35.5. The van der Waals surface area contributed by atoms with Gasteiger partial charge in [0.05, 0.1) is 11.6 Å². The third-order valence-electron chi connectivity index (χ3n) is 3.14. The van der Waals surface area contributed by atoms with Gasteiger partial charge in [-0.05, 0) is 29.8 Å². The van der Waals surface area contributed by atoms with Crippen molar-refractivity contribution in [3.05, 3.63) is 59.1 Å². The van der Waals surface area contributed by atoms with Crippen LogP contribution >= 0.6 is 11.6 Å². The second-order valence-electron chi connectivity index (χ2n) is 4.77. The molecule has 0 unspecified atom stereocenters. The summed E-state index contributed by atoms with van der Waals surface area (Å²) >= 11 is 5.91. The fourth-order valence-corrected chi connectivity index (χ4v) is 3.91. The van der Waals surface area contributed by atoms with Crippen molar-refractivity contribution in [2.45, 2.75) is 11.4 Å². The number of rotatable bonds is 7. The first-order valence-corrected chi connectivity index (χ1v) is 8.60. The summed E-state index contributed by atoms with van der Waals surface area (Å²) in [5.74, 6) is -0.593. The average molecular weight is 359 g/mol. The lowest BCUT2D eigenvalue weighted by atomic mass is 10.3. The second-order valence-corrected chi connectivity index (χ2v) is 7.08. The van der Waals surface area contributed by atoms with Crippen molar-refractivity contribution < 1.29 is 17.5 Å². The van der Waals surface area contributed by atoms with Crippen molar-refractivity contribution in [1.82, 2.24) is 9.29 Å². The summed E-state index contributed by atoms with van der Waals surface area (Å²) < 4.78 is 45.0. The van der Waals surface area contributed by atoms with Crippen LogP contribution in [-0.4, -0.2) is 38.0 Å². The van der Waals surface area contributed by atoms with Crippen molar-refractivity contribution in [1.29, 1.82) is 0 Å². The van der Waals surface area contributed by atoms with Gasteiger partial charge in [0.2, 0.25) is 10.0 Å². The summed E-state index contributed by atoms with van der Waals surface area (Å²) in [5.41, 5.74) is 0.727. The molecule has 0 aliphatic rings. The molecule has 0 spiro atoms. The van der Waals surface area contributed by atoms with Crippen molar-refractivity contribution in [2.75, 3.05) is 20.3 Å². The summed E-state index contributed by atoms with van der Waals surface area (Å²) in [6, 6.07) is 6.70. The first-order valence-electron chi connectivity index (χ1n) is 6.78. The van der Waals surface area contributed by atoms with Crippen LogP contribution in [0.5, 0.6) is 0 Å². The Morgan fingerprint density at radius 3 is 2.74 bits per heavy atom. The maximum atomic E-state index is 13.2. The van der Waals surface area contributed by atoms with Gasteiger partial charge in [-0.3, -0.25) is 4.98 Å². The van der Waals surface area contributed by atoms with E-state index >= 15 is 0 Å². The third kappa shape index (κ3) is 4.48. The van der Waals surface area contributed by atoms with Crippen molar-refractivity contribution in [3.8, 4) is 0 Å².